The topological polar surface area (TPSA) is 22.1 Å². The second kappa shape index (κ2) is 7.90. The van der Waals surface area contributed by atoms with Crippen molar-refractivity contribution in [1.82, 2.24) is 4.98 Å². The summed E-state index contributed by atoms with van der Waals surface area (Å²) < 4.78 is 20.3. The molecule has 0 fully saturated rings. The summed E-state index contributed by atoms with van der Waals surface area (Å²) in [6, 6.07) is 3.85. The number of rotatable bonds is 7. The second-order valence-electron chi connectivity index (χ2n) is 4.85. The molecule has 0 aliphatic rings. The molecule has 5 heteroatoms. The number of hydrogen-bond donors (Lipinski definition) is 0. The van der Waals surface area contributed by atoms with Crippen molar-refractivity contribution in [2.75, 3.05) is 6.61 Å². The van der Waals surface area contributed by atoms with Crippen LogP contribution in [0.2, 0.25) is 0 Å². The molecule has 0 aliphatic carbocycles. The first kappa shape index (κ1) is 16.4. The molecule has 0 unspecified atom stereocenters. The number of aryl methyl sites for hydroxylation is 1. The Balaban J connectivity index is 2.20. The minimum Gasteiger partial charge on any atom is -0.488 e. The van der Waals surface area contributed by atoms with Gasteiger partial charge in [0.15, 0.2) is 0 Å². The van der Waals surface area contributed by atoms with E-state index >= 15 is 0 Å². The van der Waals surface area contributed by atoms with Gasteiger partial charge in [-0.1, -0.05) is 20.3 Å². The summed E-state index contributed by atoms with van der Waals surface area (Å²) in [6.45, 7) is 4.37. The van der Waals surface area contributed by atoms with Crippen LogP contribution in [0.25, 0.3) is 10.2 Å². The average molecular weight is 372 g/mol. The monoisotopic (exact) mass is 371 g/mol. The number of unbranched alkanes of at least 4 members (excludes halogenated alkanes) is 1. The van der Waals surface area contributed by atoms with Gasteiger partial charge in [0, 0.05) is 0 Å². The molecule has 0 saturated heterocycles. The Kier molecular flexibility index (Phi) is 6.18. The summed E-state index contributed by atoms with van der Waals surface area (Å²) in [4.78, 5) is 4.64. The smallest absolute Gasteiger partial charge is 0.135 e. The van der Waals surface area contributed by atoms with Gasteiger partial charge in [-0.3, -0.25) is 0 Å². The molecule has 0 spiro atoms. The molecule has 0 N–H and O–H groups in total. The van der Waals surface area contributed by atoms with Crippen LogP contribution in [0.15, 0.2) is 28.5 Å². The highest BCUT2D eigenvalue weighted by atomic mass is 79.9. The Hall–Kier alpha value is -0.940. The third-order valence-electron chi connectivity index (χ3n) is 3.27. The SMILES string of the molecule is CCCCc1nc2ccc(OC/C(=C/F)CC)c(Br)c2s1. The van der Waals surface area contributed by atoms with Gasteiger partial charge in [-0.25, -0.2) is 9.37 Å². The highest BCUT2D eigenvalue weighted by molar-refractivity contribution is 9.10. The highest BCUT2D eigenvalue weighted by Crippen LogP contribution is 2.37. The third-order valence-corrected chi connectivity index (χ3v) is 5.47. The van der Waals surface area contributed by atoms with Crippen molar-refractivity contribution in [1.29, 1.82) is 0 Å². The summed E-state index contributed by atoms with van der Waals surface area (Å²) in [5.41, 5.74) is 1.64. The molecule has 1 aromatic heterocycles. The Morgan fingerprint density at radius 3 is 2.90 bits per heavy atom. The van der Waals surface area contributed by atoms with Gasteiger partial charge in [-0.15, -0.1) is 11.3 Å². The first-order valence-corrected chi connectivity index (χ1v) is 8.79. The Labute approximate surface area is 137 Å². The molecule has 2 nitrogen and oxygen atoms in total. The zero-order valence-corrected chi connectivity index (χ0v) is 14.7. The van der Waals surface area contributed by atoms with Gasteiger partial charge in [-0.2, -0.15) is 0 Å². The largest absolute Gasteiger partial charge is 0.488 e. The van der Waals surface area contributed by atoms with Crippen LogP contribution in [0.1, 0.15) is 38.1 Å². The van der Waals surface area contributed by atoms with E-state index in [2.05, 4.69) is 27.8 Å². The van der Waals surface area contributed by atoms with Gasteiger partial charge in [0.1, 0.15) is 12.4 Å². The lowest BCUT2D eigenvalue weighted by Crippen LogP contribution is -2.00. The number of aromatic nitrogens is 1. The van der Waals surface area contributed by atoms with E-state index < -0.39 is 0 Å². The third kappa shape index (κ3) is 4.04. The number of thiazole rings is 1. The van der Waals surface area contributed by atoms with Gasteiger partial charge in [0.2, 0.25) is 0 Å². The van der Waals surface area contributed by atoms with Crippen molar-refractivity contribution in [2.24, 2.45) is 0 Å². The van der Waals surface area contributed by atoms with Crippen molar-refractivity contribution in [2.45, 2.75) is 39.5 Å². The van der Waals surface area contributed by atoms with Gasteiger partial charge in [-0.05, 0) is 52.9 Å². The summed E-state index contributed by atoms with van der Waals surface area (Å²) in [5.74, 6) is 0.737. The summed E-state index contributed by atoms with van der Waals surface area (Å²) in [5, 5.41) is 1.16. The Morgan fingerprint density at radius 1 is 1.43 bits per heavy atom. The fourth-order valence-corrected chi connectivity index (χ4v) is 3.64. The van der Waals surface area contributed by atoms with Gasteiger partial charge < -0.3 is 4.74 Å². The minimum atomic E-state index is 0.276. The maximum Gasteiger partial charge on any atom is 0.135 e. The normalized spacial score (nSPS) is 12.1. The van der Waals surface area contributed by atoms with Crippen LogP contribution in [0, 0.1) is 0 Å². The standard InChI is InChI=1S/C16H19BrFNOS/c1-3-5-6-14-19-12-7-8-13(15(17)16(12)21-14)20-10-11(4-2)9-18/h7-9H,3-6,10H2,1-2H3/b11-9+. The number of benzene rings is 1. The quantitative estimate of drug-likeness (QED) is 0.591. The lowest BCUT2D eigenvalue weighted by Gasteiger charge is -2.09. The number of hydrogen-bond acceptors (Lipinski definition) is 3. The molecule has 0 amide bonds. The molecule has 1 aromatic carbocycles. The molecular formula is C16H19BrFNOS. The van der Waals surface area contributed by atoms with Gasteiger partial charge in [0.05, 0.1) is 26.0 Å². The molecular weight excluding hydrogens is 353 g/mol. The van der Waals surface area contributed by atoms with Crippen molar-refractivity contribution in [3.05, 3.63) is 33.5 Å². The van der Waals surface area contributed by atoms with Crippen LogP contribution < -0.4 is 4.74 Å². The molecule has 114 valence electrons. The van der Waals surface area contributed by atoms with Crippen LogP contribution in [-0.4, -0.2) is 11.6 Å². The Morgan fingerprint density at radius 2 is 2.24 bits per heavy atom. The average Bonchev–Trinajstić information content (AvgIpc) is 2.92. The number of nitrogens with zero attached hydrogens (tertiary/aromatic N) is 1. The molecule has 0 atom stereocenters. The number of fused-ring (bicyclic) bond motifs is 1. The summed E-state index contributed by atoms with van der Waals surface area (Å²) in [7, 11) is 0. The van der Waals surface area contributed by atoms with Crippen LogP contribution in [0.3, 0.4) is 0 Å². The zero-order valence-electron chi connectivity index (χ0n) is 12.3. The van der Waals surface area contributed by atoms with Crippen molar-refractivity contribution >= 4 is 37.5 Å². The van der Waals surface area contributed by atoms with E-state index in [0.717, 1.165) is 38.3 Å². The van der Waals surface area contributed by atoms with E-state index in [-0.39, 0.29) is 6.61 Å². The number of halogens is 2. The van der Waals surface area contributed by atoms with Crippen molar-refractivity contribution < 1.29 is 9.13 Å². The molecule has 2 rings (SSSR count). The molecule has 0 bridgehead atoms. The lowest BCUT2D eigenvalue weighted by molar-refractivity contribution is 0.344. The van der Waals surface area contributed by atoms with E-state index in [1.54, 1.807) is 11.3 Å². The molecule has 0 aliphatic heterocycles. The predicted molar refractivity (Wildman–Crippen MR) is 90.9 cm³/mol. The van der Waals surface area contributed by atoms with Gasteiger partial charge >= 0.3 is 0 Å². The van der Waals surface area contributed by atoms with E-state index in [1.807, 2.05) is 19.1 Å². The van der Waals surface area contributed by atoms with Crippen molar-refractivity contribution in [3.63, 3.8) is 0 Å². The predicted octanol–water partition coefficient (Wildman–Crippen LogP) is 6.04. The van der Waals surface area contributed by atoms with Crippen LogP contribution in [-0.2, 0) is 6.42 Å². The number of ether oxygens (including phenoxy) is 1. The molecule has 0 saturated carbocycles. The van der Waals surface area contributed by atoms with E-state index in [9.17, 15) is 4.39 Å². The van der Waals surface area contributed by atoms with Crippen LogP contribution >= 0.6 is 27.3 Å². The second-order valence-corrected chi connectivity index (χ2v) is 6.72. The molecule has 0 radical (unpaired) electrons. The molecule has 2 aromatic rings. The maximum absolute atomic E-state index is 12.6. The van der Waals surface area contributed by atoms with Crippen LogP contribution in [0.4, 0.5) is 4.39 Å². The van der Waals surface area contributed by atoms with E-state index in [0.29, 0.717) is 18.3 Å². The van der Waals surface area contributed by atoms with Crippen LogP contribution in [0.5, 0.6) is 5.75 Å². The minimum absolute atomic E-state index is 0.276. The lowest BCUT2D eigenvalue weighted by atomic mass is 10.2. The van der Waals surface area contributed by atoms with Crippen molar-refractivity contribution in [3.8, 4) is 5.75 Å². The first-order chi connectivity index (χ1) is 10.2. The summed E-state index contributed by atoms with van der Waals surface area (Å²) in [6.07, 6.45) is 4.62. The molecule has 1 heterocycles. The zero-order chi connectivity index (χ0) is 15.2. The highest BCUT2D eigenvalue weighted by Gasteiger charge is 2.12. The fourth-order valence-electron chi connectivity index (χ4n) is 1.92. The molecule has 21 heavy (non-hydrogen) atoms. The Bertz CT molecular complexity index is 638. The fraction of sp³-hybridized carbons (Fsp3) is 0.438. The van der Waals surface area contributed by atoms with Gasteiger partial charge in [0.25, 0.3) is 0 Å². The summed E-state index contributed by atoms with van der Waals surface area (Å²) >= 11 is 5.29. The van der Waals surface area contributed by atoms with E-state index in [4.69, 9.17) is 4.74 Å². The maximum atomic E-state index is 12.6. The van der Waals surface area contributed by atoms with E-state index in [1.165, 1.54) is 6.42 Å². The first-order valence-electron chi connectivity index (χ1n) is 7.18.